The number of halogens is 1. The molecule has 0 atom stereocenters. The summed E-state index contributed by atoms with van der Waals surface area (Å²) in [5.41, 5.74) is 0.0424. The van der Waals surface area contributed by atoms with Crippen LogP contribution in [0.4, 0.5) is 0 Å². The molecular formula is C8H6ClO3-. The number of ether oxygens (including phenoxy) is 1. The van der Waals surface area contributed by atoms with Gasteiger partial charge in [-0.3, -0.25) is 0 Å². The Kier molecular flexibility index (Phi) is 2.55. The summed E-state index contributed by atoms with van der Waals surface area (Å²) in [6, 6.07) is 4.14. The fourth-order valence-corrected chi connectivity index (χ4v) is 1.05. The highest BCUT2D eigenvalue weighted by Gasteiger charge is 2.01. The van der Waals surface area contributed by atoms with E-state index in [1.165, 1.54) is 25.3 Å². The van der Waals surface area contributed by atoms with Gasteiger partial charge >= 0.3 is 0 Å². The Morgan fingerprint density at radius 2 is 2.25 bits per heavy atom. The lowest BCUT2D eigenvalue weighted by Crippen LogP contribution is -2.22. The number of carbonyl (C=O) groups is 1. The van der Waals surface area contributed by atoms with Crippen molar-refractivity contribution < 1.29 is 14.6 Å². The first kappa shape index (κ1) is 8.87. The predicted molar refractivity (Wildman–Crippen MR) is 42.3 cm³/mol. The van der Waals surface area contributed by atoms with E-state index in [2.05, 4.69) is 0 Å². The molecule has 0 aromatic heterocycles. The van der Waals surface area contributed by atoms with Gasteiger partial charge < -0.3 is 14.6 Å². The molecular weight excluding hydrogens is 180 g/mol. The topological polar surface area (TPSA) is 49.4 Å². The SMILES string of the molecule is COc1ccc(C(=O)[O-])cc1Cl. The summed E-state index contributed by atoms with van der Waals surface area (Å²) in [6.07, 6.45) is 0. The van der Waals surface area contributed by atoms with Gasteiger partial charge in [0.2, 0.25) is 0 Å². The third-order valence-electron chi connectivity index (χ3n) is 1.39. The highest BCUT2D eigenvalue weighted by atomic mass is 35.5. The average Bonchev–Trinajstić information content (AvgIpc) is 2.04. The number of rotatable bonds is 2. The van der Waals surface area contributed by atoms with Gasteiger partial charge in [0.1, 0.15) is 5.75 Å². The van der Waals surface area contributed by atoms with Gasteiger partial charge in [-0.25, -0.2) is 0 Å². The van der Waals surface area contributed by atoms with Gasteiger partial charge in [-0.2, -0.15) is 0 Å². The molecule has 3 nitrogen and oxygen atoms in total. The minimum Gasteiger partial charge on any atom is -0.545 e. The first-order chi connectivity index (χ1) is 5.65. The number of aromatic carboxylic acids is 1. The number of hydrogen-bond acceptors (Lipinski definition) is 3. The minimum absolute atomic E-state index is 0.0424. The van der Waals surface area contributed by atoms with Gasteiger partial charge in [-0.05, 0) is 23.8 Å². The Labute approximate surface area is 74.5 Å². The molecule has 0 amide bonds. The number of carbonyl (C=O) groups excluding carboxylic acids is 1. The summed E-state index contributed by atoms with van der Waals surface area (Å²) in [5, 5.41) is 10.6. The molecule has 0 aliphatic heterocycles. The van der Waals surface area contributed by atoms with Crippen LogP contribution in [0.15, 0.2) is 18.2 Å². The fourth-order valence-electron chi connectivity index (χ4n) is 0.793. The van der Waals surface area contributed by atoms with Crippen molar-refractivity contribution in [3.8, 4) is 5.75 Å². The van der Waals surface area contributed by atoms with E-state index in [0.717, 1.165) is 0 Å². The maximum Gasteiger partial charge on any atom is 0.137 e. The number of methoxy groups -OCH3 is 1. The molecule has 0 heterocycles. The Morgan fingerprint density at radius 1 is 1.58 bits per heavy atom. The lowest BCUT2D eigenvalue weighted by molar-refractivity contribution is -0.255. The standard InChI is InChI=1S/C8H7ClO3/c1-12-7-3-2-5(8(10)11)4-6(7)9/h2-4H,1H3,(H,10,11)/p-1. The van der Waals surface area contributed by atoms with E-state index in [0.29, 0.717) is 5.75 Å². The normalized spacial score (nSPS) is 9.50. The lowest BCUT2D eigenvalue weighted by Gasteiger charge is -2.05. The van der Waals surface area contributed by atoms with E-state index in [9.17, 15) is 9.90 Å². The van der Waals surface area contributed by atoms with Gasteiger partial charge in [0.25, 0.3) is 0 Å². The van der Waals surface area contributed by atoms with E-state index in [-0.39, 0.29) is 10.6 Å². The molecule has 1 aromatic rings. The molecule has 0 bridgehead atoms. The summed E-state index contributed by atoms with van der Waals surface area (Å²) in [7, 11) is 1.46. The van der Waals surface area contributed by atoms with Gasteiger partial charge in [-0.15, -0.1) is 0 Å². The van der Waals surface area contributed by atoms with Gasteiger partial charge in [0.05, 0.1) is 18.1 Å². The Bertz CT molecular complexity index is 309. The van der Waals surface area contributed by atoms with Crippen molar-refractivity contribution in [1.29, 1.82) is 0 Å². The van der Waals surface area contributed by atoms with Crippen molar-refractivity contribution in [2.45, 2.75) is 0 Å². The van der Waals surface area contributed by atoms with Crippen molar-refractivity contribution in [3.05, 3.63) is 28.8 Å². The molecule has 0 N–H and O–H groups in total. The second-order valence-electron chi connectivity index (χ2n) is 2.14. The van der Waals surface area contributed by atoms with Crippen LogP contribution in [0.25, 0.3) is 0 Å². The zero-order chi connectivity index (χ0) is 9.14. The van der Waals surface area contributed by atoms with Crippen molar-refractivity contribution in [2.75, 3.05) is 7.11 Å². The fraction of sp³-hybridized carbons (Fsp3) is 0.125. The summed E-state index contributed by atoms with van der Waals surface area (Å²) in [4.78, 5) is 10.3. The van der Waals surface area contributed by atoms with Crippen molar-refractivity contribution in [3.63, 3.8) is 0 Å². The first-order valence-electron chi connectivity index (χ1n) is 3.20. The van der Waals surface area contributed by atoms with Crippen LogP contribution in [0.1, 0.15) is 10.4 Å². The molecule has 0 radical (unpaired) electrons. The first-order valence-corrected chi connectivity index (χ1v) is 3.58. The van der Waals surface area contributed by atoms with Crippen molar-refractivity contribution in [1.82, 2.24) is 0 Å². The summed E-state index contributed by atoms with van der Waals surface area (Å²) >= 11 is 5.66. The Balaban J connectivity index is 3.10. The molecule has 64 valence electrons. The van der Waals surface area contributed by atoms with E-state index in [1.807, 2.05) is 0 Å². The third-order valence-corrected chi connectivity index (χ3v) is 1.68. The second kappa shape index (κ2) is 3.45. The monoisotopic (exact) mass is 185 g/mol. The van der Waals surface area contributed by atoms with Gasteiger partial charge in [0.15, 0.2) is 0 Å². The Morgan fingerprint density at radius 3 is 2.67 bits per heavy atom. The molecule has 0 aliphatic rings. The molecule has 4 heteroatoms. The van der Waals surface area contributed by atoms with E-state index < -0.39 is 5.97 Å². The second-order valence-corrected chi connectivity index (χ2v) is 2.54. The zero-order valence-electron chi connectivity index (χ0n) is 6.33. The Hall–Kier alpha value is -1.22. The van der Waals surface area contributed by atoms with E-state index in [4.69, 9.17) is 16.3 Å². The average molecular weight is 186 g/mol. The van der Waals surface area contributed by atoms with Crippen LogP contribution in [0.2, 0.25) is 5.02 Å². The van der Waals surface area contributed by atoms with Crippen LogP contribution in [0.5, 0.6) is 5.75 Å². The van der Waals surface area contributed by atoms with Crippen LogP contribution in [-0.4, -0.2) is 13.1 Å². The van der Waals surface area contributed by atoms with E-state index >= 15 is 0 Å². The zero-order valence-corrected chi connectivity index (χ0v) is 7.09. The van der Waals surface area contributed by atoms with Crippen LogP contribution in [0.3, 0.4) is 0 Å². The third kappa shape index (κ3) is 1.68. The quantitative estimate of drug-likeness (QED) is 0.682. The van der Waals surface area contributed by atoms with Crippen LogP contribution >= 0.6 is 11.6 Å². The molecule has 0 fully saturated rings. The molecule has 0 saturated carbocycles. The maximum absolute atomic E-state index is 10.3. The molecule has 0 spiro atoms. The largest absolute Gasteiger partial charge is 0.545 e. The van der Waals surface area contributed by atoms with Gasteiger partial charge in [-0.1, -0.05) is 11.6 Å². The highest BCUT2D eigenvalue weighted by Crippen LogP contribution is 2.24. The van der Waals surface area contributed by atoms with Crippen LogP contribution in [-0.2, 0) is 0 Å². The lowest BCUT2D eigenvalue weighted by atomic mass is 10.2. The summed E-state index contributed by atoms with van der Waals surface area (Å²) in [5.74, 6) is -0.804. The summed E-state index contributed by atoms with van der Waals surface area (Å²) in [6.45, 7) is 0. The number of benzene rings is 1. The molecule has 0 saturated heterocycles. The molecule has 0 unspecified atom stereocenters. The minimum atomic E-state index is -1.25. The predicted octanol–water partition coefficient (Wildman–Crippen LogP) is 0.712. The van der Waals surface area contributed by atoms with Crippen LogP contribution < -0.4 is 9.84 Å². The number of hydrogen-bond donors (Lipinski definition) is 0. The highest BCUT2D eigenvalue weighted by molar-refractivity contribution is 6.32. The molecule has 1 aromatic carbocycles. The molecule has 0 aliphatic carbocycles. The van der Waals surface area contributed by atoms with E-state index in [1.54, 1.807) is 0 Å². The summed E-state index contributed by atoms with van der Waals surface area (Å²) < 4.78 is 4.83. The van der Waals surface area contributed by atoms with Crippen molar-refractivity contribution in [2.24, 2.45) is 0 Å². The number of carboxylic acid groups (broad SMARTS) is 1. The number of carboxylic acids is 1. The van der Waals surface area contributed by atoms with Gasteiger partial charge in [0, 0.05) is 0 Å². The molecule has 12 heavy (non-hydrogen) atoms. The molecule has 1 rings (SSSR count). The van der Waals surface area contributed by atoms with Crippen LogP contribution in [0, 0.1) is 0 Å². The smallest absolute Gasteiger partial charge is 0.137 e. The van der Waals surface area contributed by atoms with Crippen molar-refractivity contribution >= 4 is 17.6 Å². The maximum atomic E-state index is 10.3.